The van der Waals surface area contributed by atoms with E-state index in [4.69, 9.17) is 5.73 Å². The number of rotatable bonds is 5. The lowest BCUT2D eigenvalue weighted by atomic mass is 9.86. The molecule has 17 heavy (non-hydrogen) atoms. The van der Waals surface area contributed by atoms with E-state index in [9.17, 15) is 0 Å². The van der Waals surface area contributed by atoms with E-state index in [0.717, 1.165) is 12.8 Å². The molecule has 1 aromatic heterocycles. The minimum absolute atomic E-state index is 0.167. The number of hydrogen-bond acceptors (Lipinski definition) is 3. The molecule has 1 saturated heterocycles. The summed E-state index contributed by atoms with van der Waals surface area (Å²) in [6.07, 6.45) is 4.82. The highest BCUT2D eigenvalue weighted by atomic mass is 32.1. The van der Waals surface area contributed by atoms with Crippen molar-refractivity contribution in [3.8, 4) is 0 Å². The van der Waals surface area contributed by atoms with Crippen molar-refractivity contribution in [3.05, 3.63) is 22.4 Å². The quantitative estimate of drug-likeness (QED) is 0.873. The molecule has 0 aromatic carbocycles. The number of likely N-dealkylation sites (tertiary alicyclic amines) is 1. The lowest BCUT2D eigenvalue weighted by Gasteiger charge is -2.43. The van der Waals surface area contributed by atoms with Crippen LogP contribution in [0.2, 0.25) is 0 Å². The molecular weight excluding hydrogens is 228 g/mol. The van der Waals surface area contributed by atoms with Gasteiger partial charge in [0.15, 0.2) is 0 Å². The molecule has 0 bridgehead atoms. The van der Waals surface area contributed by atoms with Gasteiger partial charge in [0.1, 0.15) is 0 Å². The van der Waals surface area contributed by atoms with E-state index >= 15 is 0 Å². The van der Waals surface area contributed by atoms with Crippen molar-refractivity contribution in [2.75, 3.05) is 13.1 Å². The Morgan fingerprint density at radius 1 is 1.47 bits per heavy atom. The lowest BCUT2D eigenvalue weighted by Crippen LogP contribution is -2.57. The maximum Gasteiger partial charge on any atom is 0.0333 e. The van der Waals surface area contributed by atoms with Crippen molar-refractivity contribution in [3.63, 3.8) is 0 Å². The summed E-state index contributed by atoms with van der Waals surface area (Å²) < 4.78 is 0. The molecule has 0 saturated carbocycles. The van der Waals surface area contributed by atoms with E-state index in [1.54, 1.807) is 0 Å². The highest BCUT2D eigenvalue weighted by Gasteiger charge is 2.37. The molecule has 96 valence electrons. The first-order valence-corrected chi connectivity index (χ1v) is 7.58. The van der Waals surface area contributed by atoms with Gasteiger partial charge in [-0.2, -0.15) is 0 Å². The molecule has 0 amide bonds. The first kappa shape index (κ1) is 13.1. The second kappa shape index (κ2) is 5.51. The Labute approximate surface area is 109 Å². The molecule has 1 aromatic rings. The summed E-state index contributed by atoms with van der Waals surface area (Å²) in [7, 11) is 0. The highest BCUT2D eigenvalue weighted by molar-refractivity contribution is 7.09. The zero-order valence-corrected chi connectivity index (χ0v) is 11.8. The summed E-state index contributed by atoms with van der Waals surface area (Å²) in [5, 5.41) is 2.14. The molecule has 2 nitrogen and oxygen atoms in total. The summed E-state index contributed by atoms with van der Waals surface area (Å²) in [4.78, 5) is 4.02. The van der Waals surface area contributed by atoms with E-state index < -0.39 is 0 Å². The maximum atomic E-state index is 6.50. The first-order chi connectivity index (χ1) is 8.16. The smallest absolute Gasteiger partial charge is 0.0333 e. The second-order valence-corrected chi connectivity index (χ2v) is 6.33. The minimum atomic E-state index is 0.167. The molecule has 2 unspecified atom stereocenters. The maximum absolute atomic E-state index is 6.50. The molecule has 3 heteroatoms. The van der Waals surface area contributed by atoms with Gasteiger partial charge >= 0.3 is 0 Å². The van der Waals surface area contributed by atoms with E-state index in [-0.39, 0.29) is 11.6 Å². The van der Waals surface area contributed by atoms with Crippen LogP contribution in [0.15, 0.2) is 17.5 Å². The Kier molecular flexibility index (Phi) is 4.23. The van der Waals surface area contributed by atoms with Crippen LogP contribution in [0.3, 0.4) is 0 Å². The molecule has 0 spiro atoms. The fraction of sp³-hybridized carbons (Fsp3) is 0.714. The second-order valence-electron chi connectivity index (χ2n) is 5.29. The van der Waals surface area contributed by atoms with E-state index in [0.29, 0.717) is 0 Å². The van der Waals surface area contributed by atoms with Crippen molar-refractivity contribution in [2.45, 2.75) is 51.1 Å². The molecule has 2 atom stereocenters. The largest absolute Gasteiger partial charge is 0.326 e. The summed E-state index contributed by atoms with van der Waals surface area (Å²) in [5.74, 6) is 0. The van der Waals surface area contributed by atoms with E-state index in [1.165, 1.54) is 30.8 Å². The van der Waals surface area contributed by atoms with Crippen LogP contribution in [-0.4, -0.2) is 29.6 Å². The summed E-state index contributed by atoms with van der Waals surface area (Å²) in [5.41, 5.74) is 6.67. The van der Waals surface area contributed by atoms with Crippen molar-refractivity contribution in [1.82, 2.24) is 4.90 Å². The molecule has 0 aliphatic carbocycles. The van der Waals surface area contributed by atoms with Crippen molar-refractivity contribution >= 4 is 11.3 Å². The third-order valence-electron chi connectivity index (χ3n) is 4.34. The Bertz CT molecular complexity index is 330. The number of hydrogen-bond donors (Lipinski definition) is 1. The van der Waals surface area contributed by atoms with Gasteiger partial charge in [-0.1, -0.05) is 13.0 Å². The molecular formula is C14H24N2S. The molecule has 1 fully saturated rings. The van der Waals surface area contributed by atoms with Gasteiger partial charge in [0.05, 0.1) is 0 Å². The summed E-state index contributed by atoms with van der Waals surface area (Å²) in [6, 6.07) is 4.56. The Morgan fingerprint density at radius 2 is 2.18 bits per heavy atom. The highest BCUT2D eigenvalue weighted by Crippen LogP contribution is 2.29. The SMILES string of the molecule is CCC(C)(C(N)Cc1cccs1)N1CCCC1. The van der Waals surface area contributed by atoms with Gasteiger partial charge in [0.25, 0.3) is 0 Å². The fourth-order valence-electron chi connectivity index (χ4n) is 2.81. The monoisotopic (exact) mass is 252 g/mol. The topological polar surface area (TPSA) is 29.3 Å². The van der Waals surface area contributed by atoms with Crippen molar-refractivity contribution in [2.24, 2.45) is 5.73 Å². The van der Waals surface area contributed by atoms with Gasteiger partial charge in [-0.15, -0.1) is 11.3 Å². The molecule has 2 rings (SSSR count). The summed E-state index contributed by atoms with van der Waals surface area (Å²) in [6.45, 7) is 7.06. The fourth-order valence-corrected chi connectivity index (χ4v) is 3.58. The summed E-state index contributed by atoms with van der Waals surface area (Å²) >= 11 is 1.82. The van der Waals surface area contributed by atoms with Gasteiger partial charge in [0, 0.05) is 16.5 Å². The predicted molar refractivity (Wildman–Crippen MR) is 75.5 cm³/mol. The standard InChI is InChI=1S/C14H24N2S/c1-3-14(2,16-8-4-5-9-16)13(15)11-12-7-6-10-17-12/h6-7,10,13H,3-5,8-9,11,15H2,1-2H3. The zero-order chi connectivity index (χ0) is 12.3. The van der Waals surface area contributed by atoms with Gasteiger partial charge in [0.2, 0.25) is 0 Å². The average molecular weight is 252 g/mol. The van der Waals surface area contributed by atoms with Crippen molar-refractivity contribution < 1.29 is 0 Å². The van der Waals surface area contributed by atoms with Crippen LogP contribution in [0.1, 0.15) is 38.0 Å². The van der Waals surface area contributed by atoms with Crippen LogP contribution in [0, 0.1) is 0 Å². The minimum Gasteiger partial charge on any atom is -0.326 e. The van der Waals surface area contributed by atoms with Gasteiger partial charge in [-0.25, -0.2) is 0 Å². The van der Waals surface area contributed by atoms with Crippen LogP contribution < -0.4 is 5.73 Å². The lowest BCUT2D eigenvalue weighted by molar-refractivity contribution is 0.100. The van der Waals surface area contributed by atoms with Crippen LogP contribution in [0.4, 0.5) is 0 Å². The van der Waals surface area contributed by atoms with Gasteiger partial charge in [-0.05, 0) is 57.1 Å². The molecule has 0 radical (unpaired) electrons. The van der Waals surface area contributed by atoms with E-state index in [2.05, 4.69) is 36.3 Å². The first-order valence-electron chi connectivity index (χ1n) is 6.70. The van der Waals surface area contributed by atoms with E-state index in [1.807, 2.05) is 11.3 Å². The molecule has 2 heterocycles. The normalized spacial score (nSPS) is 22.5. The van der Waals surface area contributed by atoms with Gasteiger partial charge < -0.3 is 5.73 Å². The predicted octanol–water partition coefficient (Wildman–Crippen LogP) is 2.88. The number of nitrogens with zero attached hydrogens (tertiary/aromatic N) is 1. The van der Waals surface area contributed by atoms with Crippen LogP contribution in [-0.2, 0) is 6.42 Å². The van der Waals surface area contributed by atoms with Crippen LogP contribution in [0.5, 0.6) is 0 Å². The van der Waals surface area contributed by atoms with Gasteiger partial charge in [-0.3, -0.25) is 4.90 Å². The molecule has 1 aliphatic rings. The number of thiophene rings is 1. The Balaban J connectivity index is 2.05. The van der Waals surface area contributed by atoms with Crippen LogP contribution in [0.25, 0.3) is 0 Å². The van der Waals surface area contributed by atoms with Crippen molar-refractivity contribution in [1.29, 1.82) is 0 Å². The third-order valence-corrected chi connectivity index (χ3v) is 5.24. The molecule has 1 aliphatic heterocycles. The van der Waals surface area contributed by atoms with Crippen LogP contribution >= 0.6 is 11.3 Å². The number of nitrogens with two attached hydrogens (primary N) is 1. The Morgan fingerprint density at radius 3 is 2.71 bits per heavy atom. The average Bonchev–Trinajstić information content (AvgIpc) is 3.00. The third kappa shape index (κ3) is 2.72. The zero-order valence-electron chi connectivity index (χ0n) is 11.0. The Hall–Kier alpha value is -0.380. The molecule has 2 N–H and O–H groups in total.